The third kappa shape index (κ3) is 3.33. The lowest BCUT2D eigenvalue weighted by Gasteiger charge is -2.33. The summed E-state index contributed by atoms with van der Waals surface area (Å²) >= 11 is 0. The van der Waals surface area contributed by atoms with Gasteiger partial charge in [0.25, 0.3) is 0 Å². The second-order valence-electron chi connectivity index (χ2n) is 4.20. The van der Waals surface area contributed by atoms with Crippen molar-refractivity contribution in [1.29, 1.82) is 0 Å². The lowest BCUT2D eigenvalue weighted by molar-refractivity contribution is 0.0903. The van der Waals surface area contributed by atoms with Crippen molar-refractivity contribution in [2.45, 2.75) is 24.6 Å². The molecule has 1 aromatic rings. The summed E-state index contributed by atoms with van der Waals surface area (Å²) < 4.78 is 5.11. The topological polar surface area (TPSA) is 67.5 Å². The molecule has 3 unspecified atom stereocenters. The molecule has 0 radical (unpaired) electrons. The molecule has 1 aromatic carbocycles. The number of nitrogens with one attached hydrogen (secondary N) is 1. The largest absolute Gasteiger partial charge is 0.497 e. The van der Waals surface area contributed by atoms with Gasteiger partial charge in [0.05, 0.1) is 7.11 Å². The number of piperidine rings is 1. The number of aliphatic hydroxyl groups excluding tert-OH is 1. The van der Waals surface area contributed by atoms with Crippen molar-refractivity contribution in [2.24, 2.45) is 5.73 Å². The Morgan fingerprint density at radius 3 is 2.59 bits per heavy atom. The molecule has 1 fully saturated rings. The quantitative estimate of drug-likeness (QED) is 0.736. The van der Waals surface area contributed by atoms with Crippen molar-refractivity contribution >= 4 is 12.4 Å². The maximum absolute atomic E-state index is 9.57. The lowest BCUT2D eigenvalue weighted by atomic mass is 9.86. The van der Waals surface area contributed by atoms with Gasteiger partial charge in [0.2, 0.25) is 0 Å². The first-order valence-corrected chi connectivity index (χ1v) is 5.51. The third-order valence-electron chi connectivity index (χ3n) is 3.13. The van der Waals surface area contributed by atoms with Crippen molar-refractivity contribution < 1.29 is 9.84 Å². The molecule has 4 nitrogen and oxygen atoms in total. The zero-order valence-corrected chi connectivity index (χ0v) is 10.6. The minimum absolute atomic E-state index is 0. The zero-order chi connectivity index (χ0) is 11.5. The average Bonchev–Trinajstić information content (AvgIpc) is 2.32. The van der Waals surface area contributed by atoms with E-state index < -0.39 is 6.23 Å². The number of benzene rings is 1. The Balaban J connectivity index is 0.00000144. The van der Waals surface area contributed by atoms with Gasteiger partial charge < -0.3 is 15.6 Å². The number of hydrogen-bond donors (Lipinski definition) is 3. The van der Waals surface area contributed by atoms with Crippen LogP contribution >= 0.6 is 12.4 Å². The first kappa shape index (κ1) is 14.3. The van der Waals surface area contributed by atoms with E-state index in [1.165, 1.54) is 0 Å². The van der Waals surface area contributed by atoms with Crippen LogP contribution in [0.3, 0.4) is 0 Å². The van der Waals surface area contributed by atoms with Crippen molar-refractivity contribution in [2.75, 3.05) is 13.7 Å². The first-order chi connectivity index (χ1) is 7.70. The van der Waals surface area contributed by atoms with Gasteiger partial charge >= 0.3 is 0 Å². The number of hydrogen-bond acceptors (Lipinski definition) is 4. The van der Waals surface area contributed by atoms with Gasteiger partial charge in [-0.2, -0.15) is 0 Å². The van der Waals surface area contributed by atoms with E-state index in [-0.39, 0.29) is 24.4 Å². The van der Waals surface area contributed by atoms with Crippen LogP contribution in [0.25, 0.3) is 0 Å². The van der Waals surface area contributed by atoms with Gasteiger partial charge in [-0.3, -0.25) is 5.32 Å². The summed E-state index contributed by atoms with van der Waals surface area (Å²) in [7, 11) is 1.65. The normalized spacial score (nSPS) is 28.3. The SMILES string of the molecule is COc1ccc(C2CC(O)NCC2N)cc1.Cl. The number of methoxy groups -OCH3 is 1. The lowest BCUT2D eigenvalue weighted by Crippen LogP contribution is -2.49. The molecule has 0 bridgehead atoms. The van der Waals surface area contributed by atoms with E-state index in [2.05, 4.69) is 5.32 Å². The van der Waals surface area contributed by atoms with Gasteiger partial charge in [-0.25, -0.2) is 0 Å². The predicted molar refractivity (Wildman–Crippen MR) is 69.6 cm³/mol. The van der Waals surface area contributed by atoms with Crippen LogP contribution in [0, 0.1) is 0 Å². The Morgan fingerprint density at radius 1 is 1.35 bits per heavy atom. The molecule has 17 heavy (non-hydrogen) atoms. The number of rotatable bonds is 2. The third-order valence-corrected chi connectivity index (χ3v) is 3.13. The Kier molecular flexibility index (Phi) is 5.21. The Bertz CT molecular complexity index is 345. The summed E-state index contributed by atoms with van der Waals surface area (Å²) in [6.45, 7) is 0.651. The van der Waals surface area contributed by atoms with E-state index in [0.29, 0.717) is 13.0 Å². The maximum Gasteiger partial charge on any atom is 0.118 e. The summed E-state index contributed by atoms with van der Waals surface area (Å²) in [5.74, 6) is 1.05. The van der Waals surface area contributed by atoms with E-state index in [9.17, 15) is 5.11 Å². The van der Waals surface area contributed by atoms with E-state index in [0.717, 1.165) is 11.3 Å². The van der Waals surface area contributed by atoms with Gasteiger partial charge in [0, 0.05) is 18.5 Å². The second-order valence-corrected chi connectivity index (χ2v) is 4.20. The predicted octanol–water partition coefficient (Wildman–Crippen LogP) is 0.840. The van der Waals surface area contributed by atoms with Crippen molar-refractivity contribution in [3.05, 3.63) is 29.8 Å². The molecule has 2 rings (SSSR count). The molecule has 0 amide bonds. The number of halogens is 1. The van der Waals surface area contributed by atoms with Gasteiger partial charge in [-0.15, -0.1) is 12.4 Å². The number of nitrogens with two attached hydrogens (primary N) is 1. The first-order valence-electron chi connectivity index (χ1n) is 5.51. The second kappa shape index (κ2) is 6.21. The molecule has 96 valence electrons. The molecule has 1 aliphatic heterocycles. The molecule has 0 spiro atoms. The molecule has 3 atom stereocenters. The molecule has 1 heterocycles. The fraction of sp³-hybridized carbons (Fsp3) is 0.500. The van der Waals surface area contributed by atoms with Gasteiger partial charge in [0.1, 0.15) is 12.0 Å². The molecular weight excluding hydrogens is 240 g/mol. The van der Waals surface area contributed by atoms with E-state index >= 15 is 0 Å². The fourth-order valence-corrected chi connectivity index (χ4v) is 2.15. The standard InChI is InChI=1S/C12H18N2O2.ClH/c1-16-9-4-2-8(3-5-9)10-6-12(15)14-7-11(10)13;/h2-5,10-12,14-15H,6-7,13H2,1H3;1H. The van der Waals surface area contributed by atoms with Gasteiger partial charge in [0.15, 0.2) is 0 Å². The van der Waals surface area contributed by atoms with Crippen LogP contribution in [0.5, 0.6) is 5.75 Å². The van der Waals surface area contributed by atoms with Crippen LogP contribution in [0.4, 0.5) is 0 Å². The summed E-state index contributed by atoms with van der Waals surface area (Å²) in [6, 6.07) is 7.94. The number of aliphatic hydroxyl groups is 1. The minimum atomic E-state index is -0.452. The maximum atomic E-state index is 9.57. The van der Waals surface area contributed by atoms with Crippen LogP contribution < -0.4 is 15.8 Å². The molecule has 4 N–H and O–H groups in total. The average molecular weight is 259 g/mol. The molecule has 0 aromatic heterocycles. The Morgan fingerprint density at radius 2 is 2.00 bits per heavy atom. The summed E-state index contributed by atoms with van der Waals surface area (Å²) in [4.78, 5) is 0. The van der Waals surface area contributed by atoms with Crippen molar-refractivity contribution in [1.82, 2.24) is 5.32 Å². The molecular formula is C12H19ClN2O2. The van der Waals surface area contributed by atoms with Crippen LogP contribution in [0.2, 0.25) is 0 Å². The highest BCUT2D eigenvalue weighted by Gasteiger charge is 2.27. The molecule has 1 aliphatic rings. The molecule has 0 aliphatic carbocycles. The fourth-order valence-electron chi connectivity index (χ4n) is 2.15. The minimum Gasteiger partial charge on any atom is -0.497 e. The van der Waals surface area contributed by atoms with Crippen LogP contribution in [-0.4, -0.2) is 31.0 Å². The Labute approximate surface area is 108 Å². The Hall–Kier alpha value is -0.810. The highest BCUT2D eigenvalue weighted by molar-refractivity contribution is 5.85. The van der Waals surface area contributed by atoms with Crippen LogP contribution in [0.15, 0.2) is 24.3 Å². The van der Waals surface area contributed by atoms with Gasteiger partial charge in [-0.05, 0) is 24.1 Å². The zero-order valence-electron chi connectivity index (χ0n) is 9.80. The summed E-state index contributed by atoms with van der Waals surface area (Å²) in [5, 5.41) is 12.5. The highest BCUT2D eigenvalue weighted by Crippen LogP contribution is 2.27. The van der Waals surface area contributed by atoms with E-state index in [1.807, 2.05) is 24.3 Å². The molecule has 0 saturated carbocycles. The summed E-state index contributed by atoms with van der Waals surface area (Å²) in [6.07, 6.45) is 0.208. The monoisotopic (exact) mass is 258 g/mol. The number of ether oxygens (including phenoxy) is 1. The summed E-state index contributed by atoms with van der Waals surface area (Å²) in [5.41, 5.74) is 7.20. The van der Waals surface area contributed by atoms with E-state index in [1.54, 1.807) is 7.11 Å². The van der Waals surface area contributed by atoms with E-state index in [4.69, 9.17) is 10.5 Å². The van der Waals surface area contributed by atoms with Crippen LogP contribution in [0.1, 0.15) is 17.9 Å². The molecule has 5 heteroatoms. The van der Waals surface area contributed by atoms with Crippen LogP contribution in [-0.2, 0) is 0 Å². The molecule has 1 saturated heterocycles. The van der Waals surface area contributed by atoms with Gasteiger partial charge in [-0.1, -0.05) is 12.1 Å². The highest BCUT2D eigenvalue weighted by atomic mass is 35.5. The smallest absolute Gasteiger partial charge is 0.118 e. The van der Waals surface area contributed by atoms with Crippen molar-refractivity contribution in [3.63, 3.8) is 0 Å². The van der Waals surface area contributed by atoms with Crippen molar-refractivity contribution in [3.8, 4) is 5.75 Å².